The molecule has 17 heavy (non-hydrogen) atoms. The van der Waals surface area contributed by atoms with Gasteiger partial charge >= 0.3 is 0 Å². The van der Waals surface area contributed by atoms with E-state index in [1.54, 1.807) is 24.1 Å². The highest BCUT2D eigenvalue weighted by molar-refractivity contribution is 6.03. The van der Waals surface area contributed by atoms with Gasteiger partial charge < -0.3 is 10.0 Å². The Labute approximate surface area is 99.9 Å². The van der Waals surface area contributed by atoms with Crippen LogP contribution < -0.4 is 4.90 Å². The largest absolute Gasteiger partial charge is 0.396 e. The number of carbonyl (C=O) groups is 2. The van der Waals surface area contributed by atoms with E-state index in [4.69, 9.17) is 5.11 Å². The summed E-state index contributed by atoms with van der Waals surface area (Å²) in [5.41, 5.74) is 2.42. The van der Waals surface area contributed by atoms with Crippen LogP contribution in [0.2, 0.25) is 0 Å². The lowest BCUT2D eigenvalue weighted by molar-refractivity contribution is -0.117. The molecule has 0 radical (unpaired) electrons. The van der Waals surface area contributed by atoms with Gasteiger partial charge in [-0.2, -0.15) is 0 Å². The van der Waals surface area contributed by atoms with Crippen LogP contribution in [0.1, 0.15) is 28.8 Å². The Hall–Kier alpha value is -1.68. The smallest absolute Gasteiger partial charge is 0.231 e. The van der Waals surface area contributed by atoms with Gasteiger partial charge in [-0.25, -0.2) is 0 Å². The second-order valence-electron chi connectivity index (χ2n) is 4.22. The molecule has 1 heterocycles. The van der Waals surface area contributed by atoms with Crippen molar-refractivity contribution >= 4 is 17.4 Å². The summed E-state index contributed by atoms with van der Waals surface area (Å²) < 4.78 is 0. The number of nitrogens with zero attached hydrogens (tertiary/aromatic N) is 1. The first-order valence-corrected chi connectivity index (χ1v) is 5.67. The summed E-state index contributed by atoms with van der Waals surface area (Å²) in [5, 5.41) is 8.68. The Kier molecular flexibility index (Phi) is 3.24. The lowest BCUT2D eigenvalue weighted by Gasteiger charge is -2.10. The fourth-order valence-corrected chi connectivity index (χ4v) is 2.03. The molecular weight excluding hydrogens is 218 g/mol. The van der Waals surface area contributed by atoms with Crippen molar-refractivity contribution in [1.29, 1.82) is 0 Å². The van der Waals surface area contributed by atoms with Crippen molar-refractivity contribution in [2.75, 3.05) is 18.6 Å². The predicted octanol–water partition coefficient (Wildman–Crippen LogP) is 1.16. The van der Waals surface area contributed by atoms with Gasteiger partial charge in [-0.15, -0.1) is 0 Å². The van der Waals surface area contributed by atoms with Crippen molar-refractivity contribution in [3.05, 3.63) is 29.3 Å². The molecule has 0 bridgehead atoms. The molecule has 0 atom stereocenters. The number of benzene rings is 1. The number of Topliss-reactive ketones (excluding diaryl/α,β-unsaturated/α-hetero) is 1. The van der Waals surface area contributed by atoms with E-state index >= 15 is 0 Å². The van der Waals surface area contributed by atoms with E-state index in [1.807, 2.05) is 6.07 Å². The molecule has 4 heteroatoms. The SMILES string of the molecule is CN1C(=O)Cc2cc(C(=O)CCCO)ccc21. The van der Waals surface area contributed by atoms with E-state index in [2.05, 4.69) is 0 Å². The number of likely N-dealkylation sites (N-methyl/N-ethyl adjacent to an activating group) is 1. The third-order valence-corrected chi connectivity index (χ3v) is 3.04. The average Bonchev–Trinajstić information content (AvgIpc) is 2.61. The lowest BCUT2D eigenvalue weighted by Crippen LogP contribution is -2.20. The van der Waals surface area contributed by atoms with E-state index in [9.17, 15) is 9.59 Å². The van der Waals surface area contributed by atoms with Crippen molar-refractivity contribution in [1.82, 2.24) is 0 Å². The van der Waals surface area contributed by atoms with Gasteiger partial charge in [0.1, 0.15) is 0 Å². The summed E-state index contributed by atoms with van der Waals surface area (Å²) >= 11 is 0. The Balaban J connectivity index is 2.21. The first-order chi connectivity index (χ1) is 8.13. The topological polar surface area (TPSA) is 57.6 Å². The molecule has 0 unspecified atom stereocenters. The van der Waals surface area contributed by atoms with Crippen LogP contribution in [0.25, 0.3) is 0 Å². The minimum atomic E-state index is 0.0175. The molecule has 0 saturated heterocycles. The van der Waals surface area contributed by atoms with Crippen LogP contribution in [0, 0.1) is 0 Å². The Bertz CT molecular complexity index is 468. The molecule has 1 aromatic rings. The number of hydrogen-bond donors (Lipinski definition) is 1. The van der Waals surface area contributed by atoms with Crippen LogP contribution in [0.5, 0.6) is 0 Å². The van der Waals surface area contributed by atoms with Gasteiger partial charge in [0.2, 0.25) is 5.91 Å². The highest BCUT2D eigenvalue weighted by atomic mass is 16.3. The quantitative estimate of drug-likeness (QED) is 0.794. The first-order valence-electron chi connectivity index (χ1n) is 5.67. The summed E-state index contributed by atoms with van der Waals surface area (Å²) in [6, 6.07) is 5.34. The molecule has 0 aromatic heterocycles. The number of hydrogen-bond acceptors (Lipinski definition) is 3. The molecule has 2 rings (SSSR count). The average molecular weight is 233 g/mol. The molecule has 90 valence electrons. The van der Waals surface area contributed by atoms with Crippen LogP contribution in [-0.4, -0.2) is 30.5 Å². The maximum absolute atomic E-state index is 11.8. The fraction of sp³-hybridized carbons (Fsp3) is 0.385. The van der Waals surface area contributed by atoms with Crippen LogP contribution in [-0.2, 0) is 11.2 Å². The zero-order chi connectivity index (χ0) is 12.4. The zero-order valence-electron chi connectivity index (χ0n) is 9.77. The van der Waals surface area contributed by atoms with E-state index in [1.165, 1.54) is 0 Å². The number of fused-ring (bicyclic) bond motifs is 1. The predicted molar refractivity (Wildman–Crippen MR) is 64.2 cm³/mol. The summed E-state index contributed by atoms with van der Waals surface area (Å²) in [7, 11) is 1.74. The van der Waals surface area contributed by atoms with E-state index < -0.39 is 0 Å². The summed E-state index contributed by atoms with van der Waals surface area (Å²) in [6.07, 6.45) is 1.20. The van der Waals surface area contributed by atoms with Gasteiger partial charge in [-0.3, -0.25) is 9.59 Å². The summed E-state index contributed by atoms with van der Waals surface area (Å²) in [6.45, 7) is 0.0257. The standard InChI is InChI=1S/C13H15NO3/c1-14-11-5-4-9(12(16)3-2-6-15)7-10(11)8-13(14)17/h4-5,7,15H,2-3,6,8H2,1H3. The number of ketones is 1. The van der Waals surface area contributed by atoms with Crippen LogP contribution in [0.4, 0.5) is 5.69 Å². The van der Waals surface area contributed by atoms with Crippen molar-refractivity contribution in [3.8, 4) is 0 Å². The number of amides is 1. The molecule has 1 N–H and O–H groups in total. The van der Waals surface area contributed by atoms with Gasteiger partial charge in [-0.1, -0.05) is 0 Å². The highest BCUT2D eigenvalue weighted by Crippen LogP contribution is 2.28. The molecule has 1 aromatic carbocycles. The molecule has 0 fully saturated rings. The van der Waals surface area contributed by atoms with Crippen molar-refractivity contribution < 1.29 is 14.7 Å². The van der Waals surface area contributed by atoms with Gasteiger partial charge in [0.05, 0.1) is 6.42 Å². The fourth-order valence-electron chi connectivity index (χ4n) is 2.03. The third-order valence-electron chi connectivity index (χ3n) is 3.04. The number of aliphatic hydroxyl groups excluding tert-OH is 1. The second-order valence-corrected chi connectivity index (χ2v) is 4.22. The molecular formula is C13H15NO3. The molecule has 1 amide bonds. The summed E-state index contributed by atoms with van der Waals surface area (Å²) in [5.74, 6) is 0.0730. The minimum absolute atomic E-state index is 0.0175. The molecule has 0 aliphatic carbocycles. The highest BCUT2D eigenvalue weighted by Gasteiger charge is 2.24. The van der Waals surface area contributed by atoms with Crippen molar-refractivity contribution in [2.45, 2.75) is 19.3 Å². The zero-order valence-corrected chi connectivity index (χ0v) is 9.77. The second kappa shape index (κ2) is 4.67. The van der Waals surface area contributed by atoms with Crippen molar-refractivity contribution in [2.24, 2.45) is 0 Å². The van der Waals surface area contributed by atoms with E-state index in [0.717, 1.165) is 11.3 Å². The lowest BCUT2D eigenvalue weighted by atomic mass is 10.0. The van der Waals surface area contributed by atoms with Gasteiger partial charge in [0.25, 0.3) is 0 Å². The van der Waals surface area contributed by atoms with Gasteiger partial charge in [-0.05, 0) is 30.2 Å². The Morgan fingerprint density at radius 2 is 2.24 bits per heavy atom. The maximum atomic E-state index is 11.8. The maximum Gasteiger partial charge on any atom is 0.231 e. The first kappa shape index (κ1) is 11.8. The number of rotatable bonds is 4. The molecule has 1 aliphatic rings. The monoisotopic (exact) mass is 233 g/mol. The number of anilines is 1. The summed E-state index contributed by atoms with van der Waals surface area (Å²) in [4.78, 5) is 24.9. The van der Waals surface area contributed by atoms with E-state index in [0.29, 0.717) is 24.8 Å². The Morgan fingerprint density at radius 3 is 2.94 bits per heavy atom. The third kappa shape index (κ3) is 2.22. The van der Waals surface area contributed by atoms with Crippen LogP contribution in [0.15, 0.2) is 18.2 Å². The molecule has 1 aliphatic heterocycles. The van der Waals surface area contributed by atoms with Crippen LogP contribution in [0.3, 0.4) is 0 Å². The molecule has 0 saturated carbocycles. The molecule has 0 spiro atoms. The van der Waals surface area contributed by atoms with Gasteiger partial charge in [0, 0.05) is 31.3 Å². The molecule has 4 nitrogen and oxygen atoms in total. The van der Waals surface area contributed by atoms with Crippen molar-refractivity contribution in [3.63, 3.8) is 0 Å². The van der Waals surface area contributed by atoms with Crippen LogP contribution >= 0.6 is 0 Å². The normalized spacial score (nSPS) is 14.0. The minimum Gasteiger partial charge on any atom is -0.396 e. The number of aliphatic hydroxyl groups is 1. The number of carbonyl (C=O) groups excluding carboxylic acids is 2. The van der Waals surface area contributed by atoms with Gasteiger partial charge in [0.15, 0.2) is 5.78 Å². The van der Waals surface area contributed by atoms with E-state index in [-0.39, 0.29) is 18.3 Å². The Morgan fingerprint density at radius 1 is 1.47 bits per heavy atom.